The molecule has 0 aromatic heterocycles. The van der Waals surface area contributed by atoms with Gasteiger partial charge in [0.05, 0.1) is 18.9 Å². The first-order valence-electron chi connectivity index (χ1n) is 12.0. The van der Waals surface area contributed by atoms with Gasteiger partial charge in [-0.15, -0.1) is 0 Å². The number of carboxylic acid groups (broad SMARTS) is 1. The molecule has 1 aliphatic carbocycles. The molecule has 11 heteroatoms. The summed E-state index contributed by atoms with van der Waals surface area (Å²) >= 11 is 0. The van der Waals surface area contributed by atoms with Crippen LogP contribution in [0.4, 0.5) is 4.79 Å². The highest BCUT2D eigenvalue weighted by Crippen LogP contribution is 2.44. The Hall–Kier alpha value is -4.38. The lowest BCUT2D eigenvalue weighted by molar-refractivity contribution is -0.142. The molecule has 3 aromatic carbocycles. The highest BCUT2D eigenvalue weighted by molar-refractivity contribution is 7.89. The van der Waals surface area contributed by atoms with Crippen LogP contribution in [0.2, 0.25) is 0 Å². The maximum atomic E-state index is 13.0. The number of hydrogen-bond acceptors (Lipinski definition) is 7. The number of carboxylic acids is 1. The minimum absolute atomic E-state index is 0.0385. The topological polar surface area (TPSA) is 139 Å². The summed E-state index contributed by atoms with van der Waals surface area (Å²) in [6.07, 6.45) is -0.0525. The fraction of sp³-hybridized carbons (Fsp3) is 0.250. The summed E-state index contributed by atoms with van der Waals surface area (Å²) in [5.74, 6) is -2.25. The third kappa shape index (κ3) is 6.04. The second-order valence-electron chi connectivity index (χ2n) is 9.21. The predicted molar refractivity (Wildman–Crippen MR) is 143 cm³/mol. The van der Waals surface area contributed by atoms with Gasteiger partial charge in [-0.1, -0.05) is 54.6 Å². The Morgan fingerprint density at radius 1 is 1.00 bits per heavy atom. The number of methoxy groups -OCH3 is 1. The van der Waals surface area contributed by atoms with Gasteiger partial charge in [0.2, 0.25) is 10.0 Å². The monoisotopic (exact) mass is 552 g/mol. The van der Waals surface area contributed by atoms with Crippen molar-refractivity contribution in [3.8, 4) is 16.9 Å². The Balaban J connectivity index is 1.48. The molecule has 2 N–H and O–H groups in total. The van der Waals surface area contributed by atoms with Crippen molar-refractivity contribution in [2.24, 2.45) is 0 Å². The number of nitrogens with zero attached hydrogens (tertiary/aromatic N) is 1. The Bertz CT molecular complexity index is 1490. The molecule has 1 unspecified atom stereocenters. The Morgan fingerprint density at radius 3 is 2.13 bits per heavy atom. The molecule has 3 aromatic rings. The van der Waals surface area contributed by atoms with E-state index in [0.29, 0.717) is 5.56 Å². The van der Waals surface area contributed by atoms with E-state index in [2.05, 4.69) is 0 Å². The normalized spacial score (nSPS) is 13.1. The molecule has 2 amide bonds. The maximum Gasteiger partial charge on any atom is 0.410 e. The smallest absolute Gasteiger partial charge is 0.410 e. The number of rotatable bonds is 9. The molecule has 4 rings (SSSR count). The Kier molecular flexibility index (Phi) is 7.91. The van der Waals surface area contributed by atoms with Crippen LogP contribution in [0.25, 0.3) is 11.1 Å². The van der Waals surface area contributed by atoms with Gasteiger partial charge in [0.25, 0.3) is 5.91 Å². The summed E-state index contributed by atoms with van der Waals surface area (Å²) in [6, 6.07) is 18.7. The number of nitrogens with one attached hydrogen (secondary N) is 1. The first kappa shape index (κ1) is 27.6. The van der Waals surface area contributed by atoms with Crippen LogP contribution < -0.4 is 9.46 Å². The molecule has 39 heavy (non-hydrogen) atoms. The van der Waals surface area contributed by atoms with Crippen LogP contribution >= 0.6 is 0 Å². The SMILES string of the molecule is COc1cc(CC(C(=O)O)N(C)C(=O)OCC2c3ccccc3-c3ccccc32)ccc1C(=O)NS(C)(=O)=O. The van der Waals surface area contributed by atoms with Crippen molar-refractivity contribution in [1.82, 2.24) is 9.62 Å². The Labute approximate surface area is 226 Å². The van der Waals surface area contributed by atoms with Gasteiger partial charge in [0.15, 0.2) is 0 Å². The van der Waals surface area contributed by atoms with Gasteiger partial charge in [-0.2, -0.15) is 0 Å². The van der Waals surface area contributed by atoms with Crippen molar-refractivity contribution >= 4 is 28.0 Å². The molecule has 0 radical (unpaired) electrons. The van der Waals surface area contributed by atoms with E-state index in [1.165, 1.54) is 32.4 Å². The number of sulfonamides is 1. The lowest BCUT2D eigenvalue weighted by Gasteiger charge is -2.25. The van der Waals surface area contributed by atoms with Gasteiger partial charge in [-0.05, 0) is 39.9 Å². The molecule has 0 aliphatic heterocycles. The molecular formula is C28H28N2O8S. The minimum atomic E-state index is -3.79. The molecule has 0 fully saturated rings. The molecule has 204 valence electrons. The van der Waals surface area contributed by atoms with Gasteiger partial charge >= 0.3 is 12.1 Å². The zero-order chi connectivity index (χ0) is 28.3. The average Bonchev–Trinajstić information content (AvgIpc) is 3.22. The average molecular weight is 553 g/mol. The molecule has 0 spiro atoms. The van der Waals surface area contributed by atoms with E-state index in [9.17, 15) is 27.9 Å². The molecule has 1 aliphatic rings. The van der Waals surface area contributed by atoms with Gasteiger partial charge in [-0.3, -0.25) is 9.69 Å². The van der Waals surface area contributed by atoms with Crippen molar-refractivity contribution in [2.75, 3.05) is 27.0 Å². The number of benzene rings is 3. The van der Waals surface area contributed by atoms with Crippen molar-refractivity contribution in [2.45, 2.75) is 18.4 Å². The van der Waals surface area contributed by atoms with Crippen molar-refractivity contribution in [1.29, 1.82) is 0 Å². The van der Waals surface area contributed by atoms with Gasteiger partial charge in [0.1, 0.15) is 18.4 Å². The first-order chi connectivity index (χ1) is 18.5. The lowest BCUT2D eigenvalue weighted by Crippen LogP contribution is -2.44. The lowest BCUT2D eigenvalue weighted by atomic mass is 9.98. The van der Waals surface area contributed by atoms with E-state index in [-0.39, 0.29) is 30.3 Å². The van der Waals surface area contributed by atoms with E-state index >= 15 is 0 Å². The minimum Gasteiger partial charge on any atom is -0.496 e. The fourth-order valence-electron chi connectivity index (χ4n) is 4.71. The number of aliphatic carboxylic acids is 1. The summed E-state index contributed by atoms with van der Waals surface area (Å²) in [4.78, 5) is 38.4. The zero-order valence-electron chi connectivity index (χ0n) is 21.6. The number of hydrogen-bond donors (Lipinski definition) is 2. The van der Waals surface area contributed by atoms with E-state index in [1.807, 2.05) is 53.3 Å². The molecule has 0 bridgehead atoms. The second kappa shape index (κ2) is 11.2. The van der Waals surface area contributed by atoms with Crippen molar-refractivity contribution < 1.29 is 37.4 Å². The van der Waals surface area contributed by atoms with Gasteiger partial charge in [0, 0.05) is 19.4 Å². The molecule has 10 nitrogen and oxygen atoms in total. The molecule has 0 saturated carbocycles. The van der Waals surface area contributed by atoms with Crippen molar-refractivity contribution in [3.05, 3.63) is 89.0 Å². The van der Waals surface area contributed by atoms with E-state index < -0.39 is 34.0 Å². The van der Waals surface area contributed by atoms with Crippen LogP contribution in [0.1, 0.15) is 33.0 Å². The highest BCUT2D eigenvalue weighted by Gasteiger charge is 2.32. The Morgan fingerprint density at radius 2 is 1.59 bits per heavy atom. The number of fused-ring (bicyclic) bond motifs is 3. The predicted octanol–water partition coefficient (Wildman–Crippen LogP) is 3.26. The van der Waals surface area contributed by atoms with Gasteiger partial charge in [-0.25, -0.2) is 22.7 Å². The molecule has 1 atom stereocenters. The summed E-state index contributed by atoms with van der Waals surface area (Å²) < 4.78 is 35.5. The zero-order valence-corrected chi connectivity index (χ0v) is 22.4. The highest BCUT2D eigenvalue weighted by atomic mass is 32.2. The van der Waals surface area contributed by atoms with Crippen LogP contribution in [0.5, 0.6) is 5.75 Å². The number of likely N-dealkylation sites (N-methyl/N-ethyl adjacent to an activating group) is 1. The van der Waals surface area contributed by atoms with E-state index in [0.717, 1.165) is 33.4 Å². The largest absolute Gasteiger partial charge is 0.496 e. The number of carbonyl (C=O) groups is 3. The standard InChI is InChI=1S/C28H28N2O8S/c1-30(28(34)38-16-23-20-10-6-4-8-18(20)19-9-5-7-11-21(19)23)24(27(32)33)14-17-12-13-22(25(15-17)37-2)26(31)29-39(3,35)36/h4-13,15,23-24H,14,16H2,1-3H3,(H,29,31)(H,32,33). The third-order valence-electron chi connectivity index (χ3n) is 6.59. The number of ether oxygens (including phenoxy) is 2. The summed E-state index contributed by atoms with van der Waals surface area (Å²) in [7, 11) is -1.14. The van der Waals surface area contributed by atoms with E-state index in [4.69, 9.17) is 9.47 Å². The quantitative estimate of drug-likeness (QED) is 0.412. The van der Waals surface area contributed by atoms with E-state index in [1.54, 1.807) is 0 Å². The maximum absolute atomic E-state index is 13.0. The van der Waals surface area contributed by atoms with Crippen LogP contribution in [0, 0.1) is 0 Å². The van der Waals surface area contributed by atoms with Crippen LogP contribution in [0.3, 0.4) is 0 Å². The van der Waals surface area contributed by atoms with Crippen LogP contribution in [0.15, 0.2) is 66.7 Å². The first-order valence-corrected chi connectivity index (χ1v) is 13.9. The van der Waals surface area contributed by atoms with Gasteiger partial charge < -0.3 is 14.6 Å². The van der Waals surface area contributed by atoms with Crippen LogP contribution in [-0.4, -0.2) is 69.5 Å². The third-order valence-corrected chi connectivity index (χ3v) is 7.15. The summed E-state index contributed by atoms with van der Waals surface area (Å²) in [5, 5.41) is 9.88. The molecular weight excluding hydrogens is 524 g/mol. The summed E-state index contributed by atoms with van der Waals surface area (Å²) in [5.41, 5.74) is 4.64. The number of carbonyl (C=O) groups excluding carboxylic acids is 2. The van der Waals surface area contributed by atoms with Crippen molar-refractivity contribution in [3.63, 3.8) is 0 Å². The number of amides is 2. The fourth-order valence-corrected chi connectivity index (χ4v) is 5.16. The molecule has 0 heterocycles. The summed E-state index contributed by atoms with van der Waals surface area (Å²) in [6.45, 7) is 0.0432. The van der Waals surface area contributed by atoms with Crippen LogP contribution in [-0.2, 0) is 26.0 Å². The molecule has 0 saturated heterocycles. The second-order valence-corrected chi connectivity index (χ2v) is 11.0.